The van der Waals surface area contributed by atoms with E-state index in [1.54, 1.807) is 10.8 Å². The molecule has 0 aliphatic carbocycles. The summed E-state index contributed by atoms with van der Waals surface area (Å²) in [4.78, 5) is 8.39. The first kappa shape index (κ1) is 16.9. The highest BCUT2D eigenvalue weighted by Gasteiger charge is 2.53. The zero-order valence-electron chi connectivity index (χ0n) is 14.1. The van der Waals surface area contributed by atoms with Gasteiger partial charge in [-0.25, -0.2) is 9.97 Å². The van der Waals surface area contributed by atoms with Crippen molar-refractivity contribution in [2.24, 2.45) is 0 Å². The third kappa shape index (κ3) is 2.38. The Kier molecular flexibility index (Phi) is 3.92. The fourth-order valence-corrected chi connectivity index (χ4v) is 3.51. The van der Waals surface area contributed by atoms with Gasteiger partial charge in [-0.15, -0.1) is 0 Å². The normalized spacial score (nSPS) is 28.7. The molecule has 136 valence electrons. The van der Waals surface area contributed by atoms with Crippen LogP contribution in [-0.4, -0.2) is 54.3 Å². The summed E-state index contributed by atoms with van der Waals surface area (Å²) in [6.07, 6.45) is 0.0356. The molecule has 8 nitrogen and oxygen atoms in total. The van der Waals surface area contributed by atoms with E-state index >= 15 is 0 Å². The number of rotatable bonds is 3. The number of aromatic nitrogens is 3. The summed E-state index contributed by atoms with van der Waals surface area (Å²) in [5.41, 5.74) is 6.66. The Bertz CT molecular complexity index is 941. The van der Waals surface area contributed by atoms with E-state index in [2.05, 4.69) is 9.97 Å². The van der Waals surface area contributed by atoms with Crippen LogP contribution < -0.4 is 5.73 Å². The van der Waals surface area contributed by atoms with Crippen molar-refractivity contribution in [3.8, 4) is 11.1 Å². The molecule has 1 aromatic carbocycles. The van der Waals surface area contributed by atoms with Crippen molar-refractivity contribution in [3.63, 3.8) is 0 Å². The van der Waals surface area contributed by atoms with Crippen LogP contribution >= 0.6 is 0 Å². The van der Waals surface area contributed by atoms with Crippen LogP contribution in [0.25, 0.3) is 22.2 Å². The van der Waals surface area contributed by atoms with E-state index < -0.39 is 30.6 Å². The van der Waals surface area contributed by atoms with Crippen molar-refractivity contribution in [3.05, 3.63) is 42.9 Å². The van der Waals surface area contributed by atoms with Crippen molar-refractivity contribution < 1.29 is 20.1 Å². The second-order valence-corrected chi connectivity index (χ2v) is 6.65. The largest absolute Gasteiger partial charge is 0.394 e. The molecule has 1 unspecified atom stereocenters. The van der Waals surface area contributed by atoms with Crippen molar-refractivity contribution in [1.82, 2.24) is 14.5 Å². The lowest BCUT2D eigenvalue weighted by molar-refractivity contribution is -0.0948. The summed E-state index contributed by atoms with van der Waals surface area (Å²) in [6, 6.07) is 9.60. The first-order chi connectivity index (χ1) is 12.4. The molecule has 0 amide bonds. The molecule has 3 aromatic rings. The van der Waals surface area contributed by atoms with Crippen LogP contribution in [-0.2, 0) is 4.74 Å². The third-order valence-electron chi connectivity index (χ3n) is 4.91. The minimum absolute atomic E-state index is 0.310. The standard InChI is InChI=1S/C18H20N4O4/c1-18(25)14(24)12(8-23)26-17(18)22-7-11(10-5-3-2-4-6-10)13-15(19)20-9-21-16(13)22/h2-7,9,12,14,17,23-25H,8H2,1H3,(H2,19,20,21)/t12-,14?,17-,18-/m1/s1. The summed E-state index contributed by atoms with van der Waals surface area (Å²) < 4.78 is 7.37. The minimum atomic E-state index is -1.62. The van der Waals surface area contributed by atoms with Gasteiger partial charge in [0.1, 0.15) is 35.6 Å². The summed E-state index contributed by atoms with van der Waals surface area (Å²) in [5, 5.41) is 31.2. The number of nitrogens with two attached hydrogens (primary N) is 1. The number of hydrogen-bond donors (Lipinski definition) is 4. The van der Waals surface area contributed by atoms with Gasteiger partial charge in [-0.3, -0.25) is 0 Å². The molecule has 3 heterocycles. The molecule has 4 atom stereocenters. The molecule has 1 saturated heterocycles. The lowest BCUT2D eigenvalue weighted by atomic mass is 9.96. The summed E-state index contributed by atoms with van der Waals surface area (Å²) in [7, 11) is 0. The van der Waals surface area contributed by atoms with Crippen molar-refractivity contribution in [2.45, 2.75) is 31.0 Å². The molecule has 1 fully saturated rings. The monoisotopic (exact) mass is 356 g/mol. The Morgan fingerprint density at radius 2 is 2.00 bits per heavy atom. The average molecular weight is 356 g/mol. The van der Waals surface area contributed by atoms with Crippen molar-refractivity contribution >= 4 is 16.9 Å². The smallest absolute Gasteiger partial charge is 0.167 e. The molecule has 5 N–H and O–H groups in total. The Balaban J connectivity index is 1.94. The number of aliphatic hydroxyl groups is 3. The highest BCUT2D eigenvalue weighted by molar-refractivity contribution is 6.00. The van der Waals surface area contributed by atoms with Crippen molar-refractivity contribution in [1.29, 1.82) is 0 Å². The molecule has 2 aromatic heterocycles. The molecule has 0 saturated carbocycles. The molecule has 0 spiro atoms. The number of nitrogens with zero attached hydrogens (tertiary/aromatic N) is 3. The number of benzene rings is 1. The van der Waals surface area contributed by atoms with E-state index in [1.807, 2.05) is 30.3 Å². The number of aliphatic hydroxyl groups excluding tert-OH is 2. The zero-order chi connectivity index (χ0) is 18.5. The average Bonchev–Trinajstić information content (AvgIpc) is 3.13. The maximum Gasteiger partial charge on any atom is 0.167 e. The van der Waals surface area contributed by atoms with Gasteiger partial charge in [0.15, 0.2) is 6.23 Å². The number of ether oxygens (including phenoxy) is 1. The van der Waals surface area contributed by atoms with Gasteiger partial charge in [-0.2, -0.15) is 0 Å². The molecular weight excluding hydrogens is 336 g/mol. The number of fused-ring (bicyclic) bond motifs is 1. The van der Waals surface area contributed by atoms with Gasteiger partial charge in [0.2, 0.25) is 0 Å². The number of nitrogen functional groups attached to an aromatic ring is 1. The first-order valence-corrected chi connectivity index (χ1v) is 8.28. The van der Waals surface area contributed by atoms with Gasteiger partial charge in [0, 0.05) is 11.8 Å². The van der Waals surface area contributed by atoms with E-state index in [1.165, 1.54) is 13.3 Å². The maximum absolute atomic E-state index is 10.8. The first-order valence-electron chi connectivity index (χ1n) is 8.28. The topological polar surface area (TPSA) is 127 Å². The molecule has 26 heavy (non-hydrogen) atoms. The fraction of sp³-hybridized carbons (Fsp3) is 0.333. The highest BCUT2D eigenvalue weighted by atomic mass is 16.6. The van der Waals surface area contributed by atoms with Crippen LogP contribution in [0.2, 0.25) is 0 Å². The predicted molar refractivity (Wildman–Crippen MR) is 95.0 cm³/mol. The second-order valence-electron chi connectivity index (χ2n) is 6.65. The SMILES string of the molecule is C[C@@]1(O)C(O)[C@@H](CO)O[C@H]1n1cc(-c2ccccc2)c2c(N)ncnc21. The van der Waals surface area contributed by atoms with Crippen LogP contribution in [0.5, 0.6) is 0 Å². The van der Waals surface area contributed by atoms with E-state index in [0.717, 1.165) is 11.1 Å². The van der Waals surface area contributed by atoms with Crippen LogP contribution in [0, 0.1) is 0 Å². The summed E-state index contributed by atoms with van der Waals surface area (Å²) in [6.45, 7) is 1.06. The number of anilines is 1. The van der Waals surface area contributed by atoms with Gasteiger partial charge in [0.25, 0.3) is 0 Å². The van der Waals surface area contributed by atoms with Gasteiger partial charge in [0.05, 0.1) is 12.0 Å². The van der Waals surface area contributed by atoms with Gasteiger partial charge in [-0.1, -0.05) is 30.3 Å². The van der Waals surface area contributed by atoms with Gasteiger partial charge < -0.3 is 30.4 Å². The number of hydrogen-bond acceptors (Lipinski definition) is 7. The van der Waals surface area contributed by atoms with Gasteiger partial charge >= 0.3 is 0 Å². The van der Waals surface area contributed by atoms with Crippen LogP contribution in [0.4, 0.5) is 5.82 Å². The second kappa shape index (κ2) is 6.03. The molecule has 1 aliphatic rings. The fourth-order valence-electron chi connectivity index (χ4n) is 3.51. The Hall–Kier alpha value is -2.52. The minimum Gasteiger partial charge on any atom is -0.394 e. The van der Waals surface area contributed by atoms with Crippen LogP contribution in [0.1, 0.15) is 13.2 Å². The lowest BCUT2D eigenvalue weighted by Gasteiger charge is -2.27. The highest BCUT2D eigenvalue weighted by Crippen LogP contribution is 2.42. The van der Waals surface area contributed by atoms with E-state index in [-0.39, 0.29) is 0 Å². The maximum atomic E-state index is 10.8. The molecule has 0 bridgehead atoms. The van der Waals surface area contributed by atoms with Crippen LogP contribution in [0.15, 0.2) is 42.9 Å². The zero-order valence-corrected chi connectivity index (χ0v) is 14.1. The van der Waals surface area contributed by atoms with Crippen molar-refractivity contribution in [2.75, 3.05) is 12.3 Å². The Labute approximate surface area is 149 Å². The molecule has 4 rings (SSSR count). The van der Waals surface area contributed by atoms with Crippen LogP contribution in [0.3, 0.4) is 0 Å². The lowest BCUT2D eigenvalue weighted by Crippen LogP contribution is -2.44. The Morgan fingerprint density at radius 1 is 1.27 bits per heavy atom. The summed E-state index contributed by atoms with van der Waals surface area (Å²) >= 11 is 0. The molecule has 1 aliphatic heterocycles. The Morgan fingerprint density at radius 3 is 2.65 bits per heavy atom. The summed E-state index contributed by atoms with van der Waals surface area (Å²) in [5.74, 6) is 0.310. The third-order valence-corrected chi connectivity index (χ3v) is 4.91. The molecular formula is C18H20N4O4. The molecule has 8 heteroatoms. The molecule has 0 radical (unpaired) electrons. The van der Waals surface area contributed by atoms with E-state index in [4.69, 9.17) is 10.5 Å². The van der Waals surface area contributed by atoms with Gasteiger partial charge in [-0.05, 0) is 12.5 Å². The van der Waals surface area contributed by atoms with E-state index in [9.17, 15) is 15.3 Å². The predicted octanol–water partition coefficient (Wildman–Crippen LogP) is 0.682. The van der Waals surface area contributed by atoms with E-state index in [0.29, 0.717) is 16.9 Å². The quantitative estimate of drug-likeness (QED) is 0.543.